The molecule has 0 radical (unpaired) electrons. The Bertz CT molecular complexity index is 1460. The van der Waals surface area contributed by atoms with E-state index in [1.807, 2.05) is 49.4 Å². The van der Waals surface area contributed by atoms with Crippen LogP contribution in [-0.4, -0.2) is 33.8 Å². The van der Waals surface area contributed by atoms with Gasteiger partial charge in [0.05, 0.1) is 18.8 Å². The first-order valence-corrected chi connectivity index (χ1v) is 12.6. The molecule has 8 heteroatoms. The van der Waals surface area contributed by atoms with E-state index < -0.39 is 18.2 Å². The molecule has 0 unspecified atom stereocenters. The lowest BCUT2D eigenvalue weighted by molar-refractivity contribution is -0.126. The smallest absolute Gasteiger partial charge is 0.411 e. The number of carbonyl (C=O) groups excluding carboxylic acids is 3. The summed E-state index contributed by atoms with van der Waals surface area (Å²) in [5.74, 6) is -0.621. The molecule has 1 aromatic heterocycles. The van der Waals surface area contributed by atoms with Crippen molar-refractivity contribution in [2.45, 2.75) is 32.2 Å². The molecule has 2 heterocycles. The number of cyclic esters (lactones) is 1. The number of hydrogen-bond acceptors (Lipinski definition) is 5. The van der Waals surface area contributed by atoms with Crippen LogP contribution < -0.4 is 10.6 Å². The highest BCUT2D eigenvalue weighted by atomic mass is 16.6. The number of anilines is 1. The van der Waals surface area contributed by atoms with Crippen LogP contribution in [0.15, 0.2) is 103 Å². The Kier molecular flexibility index (Phi) is 7.63. The van der Waals surface area contributed by atoms with E-state index in [2.05, 4.69) is 15.6 Å². The van der Waals surface area contributed by atoms with E-state index >= 15 is 0 Å². The Hall–Kier alpha value is -4.98. The average molecular weight is 521 g/mol. The lowest BCUT2D eigenvalue weighted by Crippen LogP contribution is -2.46. The van der Waals surface area contributed by atoms with Crippen molar-refractivity contribution < 1.29 is 19.1 Å². The lowest BCUT2D eigenvalue weighted by Gasteiger charge is -2.24. The Morgan fingerprint density at radius 3 is 2.44 bits per heavy atom. The van der Waals surface area contributed by atoms with Crippen molar-refractivity contribution in [3.63, 3.8) is 0 Å². The summed E-state index contributed by atoms with van der Waals surface area (Å²) in [5.41, 5.74) is 4.32. The fraction of sp³-hybridized carbons (Fsp3) is 0.161. The molecule has 3 amide bonds. The van der Waals surface area contributed by atoms with Crippen LogP contribution in [0.1, 0.15) is 38.8 Å². The molecule has 1 aliphatic rings. The number of nitrogens with one attached hydrogen (secondary N) is 2. The zero-order chi connectivity index (χ0) is 27.2. The Morgan fingerprint density at radius 1 is 0.923 bits per heavy atom. The van der Waals surface area contributed by atoms with E-state index in [0.29, 0.717) is 22.5 Å². The molecule has 1 fully saturated rings. The summed E-state index contributed by atoms with van der Waals surface area (Å²) < 4.78 is 5.78. The van der Waals surface area contributed by atoms with E-state index in [9.17, 15) is 14.4 Å². The molecule has 196 valence electrons. The van der Waals surface area contributed by atoms with Crippen molar-refractivity contribution in [1.82, 2.24) is 15.2 Å². The zero-order valence-electron chi connectivity index (χ0n) is 21.4. The Labute approximate surface area is 226 Å². The van der Waals surface area contributed by atoms with Crippen LogP contribution in [0.25, 0.3) is 0 Å². The van der Waals surface area contributed by atoms with Gasteiger partial charge in [0.2, 0.25) is 5.91 Å². The van der Waals surface area contributed by atoms with E-state index in [1.54, 1.807) is 60.8 Å². The number of hydrogen-bond donors (Lipinski definition) is 2. The third-order valence-corrected chi connectivity index (χ3v) is 6.51. The maximum absolute atomic E-state index is 13.6. The first kappa shape index (κ1) is 25.7. The quantitative estimate of drug-likeness (QED) is 0.340. The second kappa shape index (κ2) is 11.6. The highest BCUT2D eigenvalue weighted by Gasteiger charge is 2.47. The molecule has 3 aromatic carbocycles. The molecule has 0 spiro atoms. The summed E-state index contributed by atoms with van der Waals surface area (Å²) in [6, 6.07) is 28.2. The number of nitrogens with zero attached hydrogens (tertiary/aromatic N) is 2. The van der Waals surface area contributed by atoms with Gasteiger partial charge in [0.15, 0.2) is 12.1 Å². The third kappa shape index (κ3) is 6.13. The predicted molar refractivity (Wildman–Crippen MR) is 147 cm³/mol. The Morgan fingerprint density at radius 2 is 1.69 bits per heavy atom. The van der Waals surface area contributed by atoms with Crippen molar-refractivity contribution in [3.05, 3.63) is 131 Å². The number of pyridine rings is 1. The van der Waals surface area contributed by atoms with Crippen molar-refractivity contribution >= 4 is 23.6 Å². The van der Waals surface area contributed by atoms with Crippen LogP contribution in [0.4, 0.5) is 10.5 Å². The van der Waals surface area contributed by atoms with Gasteiger partial charge < -0.3 is 15.4 Å². The van der Waals surface area contributed by atoms with E-state index in [1.165, 1.54) is 4.90 Å². The molecule has 0 aliphatic carbocycles. The number of aromatic nitrogens is 1. The molecule has 5 rings (SSSR count). The minimum absolute atomic E-state index is 0.210. The van der Waals surface area contributed by atoms with E-state index in [-0.39, 0.29) is 24.9 Å². The average Bonchev–Trinajstić information content (AvgIpc) is 3.29. The normalized spacial score (nSPS) is 16.4. The van der Waals surface area contributed by atoms with Gasteiger partial charge >= 0.3 is 6.09 Å². The molecular weight excluding hydrogens is 492 g/mol. The van der Waals surface area contributed by atoms with Gasteiger partial charge in [-0.2, -0.15) is 0 Å². The van der Waals surface area contributed by atoms with Gasteiger partial charge in [0, 0.05) is 17.4 Å². The second-order valence-corrected chi connectivity index (χ2v) is 9.35. The van der Waals surface area contributed by atoms with Gasteiger partial charge in [0.1, 0.15) is 0 Å². The molecule has 39 heavy (non-hydrogen) atoms. The second-order valence-electron chi connectivity index (χ2n) is 9.35. The summed E-state index contributed by atoms with van der Waals surface area (Å²) in [6.07, 6.45) is 0.198. The van der Waals surface area contributed by atoms with Crippen LogP contribution in [0.3, 0.4) is 0 Å². The van der Waals surface area contributed by atoms with Crippen molar-refractivity contribution in [1.29, 1.82) is 0 Å². The minimum Gasteiger partial charge on any atom is -0.438 e. The van der Waals surface area contributed by atoms with Gasteiger partial charge in [-0.05, 0) is 54.4 Å². The van der Waals surface area contributed by atoms with Crippen LogP contribution >= 0.6 is 0 Å². The topological polar surface area (TPSA) is 101 Å². The largest absolute Gasteiger partial charge is 0.438 e. The maximum Gasteiger partial charge on any atom is 0.411 e. The number of amides is 3. The number of carbonyl (C=O) groups is 3. The fourth-order valence-electron chi connectivity index (χ4n) is 4.47. The van der Waals surface area contributed by atoms with Crippen molar-refractivity contribution in [2.24, 2.45) is 0 Å². The van der Waals surface area contributed by atoms with Gasteiger partial charge in [-0.25, -0.2) is 4.79 Å². The number of ether oxygens (including phenoxy) is 1. The van der Waals surface area contributed by atoms with E-state index in [4.69, 9.17) is 4.74 Å². The van der Waals surface area contributed by atoms with E-state index in [0.717, 1.165) is 11.1 Å². The number of benzene rings is 3. The van der Waals surface area contributed by atoms with Gasteiger partial charge in [-0.3, -0.25) is 19.5 Å². The number of rotatable bonds is 8. The van der Waals surface area contributed by atoms with Gasteiger partial charge in [0.25, 0.3) is 5.91 Å². The summed E-state index contributed by atoms with van der Waals surface area (Å²) in [7, 11) is 0. The fourth-order valence-corrected chi connectivity index (χ4v) is 4.47. The standard InChI is InChI=1S/C31H28N4O4/c1-21-13-15-22(16-14-21)20-35-27(30(37)33-19-26-11-5-6-17-32-26)28(39-31(35)38)24-10-7-12-25(18-24)34-29(36)23-8-3-2-4-9-23/h2-18,27-28H,19-20H2,1H3,(H,33,37)(H,34,36)/t27-,28+/m1/s1. The molecule has 2 N–H and O–H groups in total. The summed E-state index contributed by atoms with van der Waals surface area (Å²) in [6.45, 7) is 2.41. The molecule has 1 saturated heterocycles. The third-order valence-electron chi connectivity index (χ3n) is 6.51. The maximum atomic E-state index is 13.6. The predicted octanol–water partition coefficient (Wildman–Crippen LogP) is 5.02. The first-order valence-electron chi connectivity index (χ1n) is 12.6. The monoisotopic (exact) mass is 520 g/mol. The van der Waals surface area contributed by atoms with Gasteiger partial charge in [-0.1, -0.05) is 66.2 Å². The molecular formula is C31H28N4O4. The molecule has 8 nitrogen and oxygen atoms in total. The lowest BCUT2D eigenvalue weighted by atomic mass is 10.00. The van der Waals surface area contributed by atoms with Crippen molar-refractivity contribution in [2.75, 3.05) is 5.32 Å². The van der Waals surface area contributed by atoms with Crippen LogP contribution in [0.5, 0.6) is 0 Å². The minimum atomic E-state index is -0.928. The highest BCUT2D eigenvalue weighted by Crippen LogP contribution is 2.35. The molecule has 4 aromatic rings. The van der Waals surface area contributed by atoms with Crippen molar-refractivity contribution in [3.8, 4) is 0 Å². The highest BCUT2D eigenvalue weighted by molar-refractivity contribution is 6.04. The van der Waals surface area contributed by atoms with Crippen LogP contribution in [0, 0.1) is 6.92 Å². The first-order chi connectivity index (χ1) is 19.0. The summed E-state index contributed by atoms with van der Waals surface area (Å²) in [4.78, 5) is 45.1. The van der Waals surface area contributed by atoms with Crippen LogP contribution in [0.2, 0.25) is 0 Å². The number of aryl methyl sites for hydroxylation is 1. The molecule has 0 saturated carbocycles. The summed E-state index contributed by atoms with van der Waals surface area (Å²) >= 11 is 0. The van der Waals surface area contributed by atoms with Crippen LogP contribution in [-0.2, 0) is 22.6 Å². The van der Waals surface area contributed by atoms with Gasteiger partial charge in [-0.15, -0.1) is 0 Å². The molecule has 1 aliphatic heterocycles. The Balaban J connectivity index is 1.40. The molecule has 2 atom stereocenters. The zero-order valence-corrected chi connectivity index (χ0v) is 21.4. The summed E-state index contributed by atoms with van der Waals surface area (Å²) in [5, 5.41) is 5.79. The SMILES string of the molecule is Cc1ccc(CN2C(=O)O[C@@H](c3cccc(NC(=O)c4ccccc4)c3)[C@@H]2C(=O)NCc2ccccn2)cc1. The molecule has 0 bridgehead atoms.